The van der Waals surface area contributed by atoms with Crippen molar-refractivity contribution >= 4 is 11.0 Å². The van der Waals surface area contributed by atoms with Gasteiger partial charge in [0.2, 0.25) is 0 Å². The van der Waals surface area contributed by atoms with Gasteiger partial charge in [-0.3, -0.25) is 9.97 Å². The summed E-state index contributed by atoms with van der Waals surface area (Å²) in [6, 6.07) is 15.5. The van der Waals surface area contributed by atoms with E-state index >= 15 is 0 Å². The van der Waals surface area contributed by atoms with Crippen molar-refractivity contribution in [1.29, 1.82) is 0 Å². The van der Waals surface area contributed by atoms with Crippen LogP contribution in [0.15, 0.2) is 65.4 Å². The number of rotatable bonds is 7. The number of benzene rings is 1. The number of H-pyrrole nitrogens is 1. The van der Waals surface area contributed by atoms with Gasteiger partial charge in [-0.25, -0.2) is 4.98 Å². The Morgan fingerprint density at radius 1 is 0.838 bits per heavy atom. The quantitative estimate of drug-likeness (QED) is 0.294. The summed E-state index contributed by atoms with van der Waals surface area (Å²) in [4.78, 5) is 17.9. The Bertz CT molecular complexity index is 1540. The third kappa shape index (κ3) is 3.44. The third-order valence-electron chi connectivity index (χ3n) is 7.98. The SMILES string of the molecule is OC(c1ccccn1)(c1ccccn1)c1cc(-c2c(C3CC3)noc2C2CC2)cc2[nH]c(C3CC3)nc12. The molecule has 0 spiro atoms. The average molecular weight is 490 g/mol. The van der Waals surface area contributed by atoms with Gasteiger partial charge in [0, 0.05) is 41.3 Å². The van der Waals surface area contributed by atoms with Crippen LogP contribution < -0.4 is 0 Å². The summed E-state index contributed by atoms with van der Waals surface area (Å²) in [5.74, 6) is 3.27. The van der Waals surface area contributed by atoms with Crippen molar-refractivity contribution in [3.8, 4) is 11.1 Å². The number of aromatic amines is 1. The molecule has 5 aromatic rings. The summed E-state index contributed by atoms with van der Waals surface area (Å²) in [5, 5.41) is 17.2. The van der Waals surface area contributed by atoms with Gasteiger partial charge < -0.3 is 14.6 Å². The van der Waals surface area contributed by atoms with Gasteiger partial charge in [-0.1, -0.05) is 17.3 Å². The summed E-state index contributed by atoms with van der Waals surface area (Å²) >= 11 is 0. The van der Waals surface area contributed by atoms with E-state index in [2.05, 4.69) is 32.2 Å². The van der Waals surface area contributed by atoms with Crippen LogP contribution in [-0.4, -0.2) is 30.2 Å². The molecule has 37 heavy (non-hydrogen) atoms. The molecule has 3 aliphatic rings. The number of hydrogen-bond acceptors (Lipinski definition) is 6. The van der Waals surface area contributed by atoms with E-state index in [1.165, 1.54) is 0 Å². The summed E-state index contributed by atoms with van der Waals surface area (Å²) < 4.78 is 5.97. The lowest BCUT2D eigenvalue weighted by Gasteiger charge is -2.28. The van der Waals surface area contributed by atoms with E-state index in [4.69, 9.17) is 9.51 Å². The second kappa shape index (κ2) is 7.83. The van der Waals surface area contributed by atoms with Crippen molar-refractivity contribution < 1.29 is 9.63 Å². The van der Waals surface area contributed by atoms with E-state index in [-0.39, 0.29) is 0 Å². The smallest absolute Gasteiger partial charge is 0.176 e. The summed E-state index contributed by atoms with van der Waals surface area (Å²) in [6.07, 6.45) is 10.2. The molecule has 3 fully saturated rings. The molecular weight excluding hydrogens is 462 g/mol. The van der Waals surface area contributed by atoms with Crippen LogP contribution in [0.1, 0.15) is 90.5 Å². The molecule has 0 amide bonds. The molecule has 3 aliphatic carbocycles. The molecule has 4 heterocycles. The third-order valence-corrected chi connectivity index (χ3v) is 7.98. The molecule has 8 rings (SSSR count). The highest BCUT2D eigenvalue weighted by Crippen LogP contribution is 2.52. The first kappa shape index (κ1) is 21.3. The van der Waals surface area contributed by atoms with Crippen molar-refractivity contribution in [2.45, 2.75) is 61.9 Å². The van der Waals surface area contributed by atoms with Gasteiger partial charge in [-0.15, -0.1) is 0 Å². The number of fused-ring (bicyclic) bond motifs is 1. The molecular formula is C30H27N5O2. The maximum Gasteiger partial charge on any atom is 0.176 e. The van der Waals surface area contributed by atoms with Gasteiger partial charge in [0.15, 0.2) is 5.60 Å². The lowest BCUT2D eigenvalue weighted by atomic mass is 9.83. The monoisotopic (exact) mass is 489 g/mol. The van der Waals surface area contributed by atoms with Crippen LogP contribution in [0.2, 0.25) is 0 Å². The number of nitrogens with zero attached hydrogens (tertiary/aromatic N) is 4. The van der Waals surface area contributed by atoms with E-state index < -0.39 is 5.60 Å². The zero-order valence-corrected chi connectivity index (χ0v) is 20.4. The first-order valence-corrected chi connectivity index (χ1v) is 13.3. The average Bonchev–Trinajstić information content (AvgIpc) is 3.83. The van der Waals surface area contributed by atoms with Crippen LogP contribution in [0.5, 0.6) is 0 Å². The molecule has 4 aromatic heterocycles. The first-order chi connectivity index (χ1) is 18.2. The van der Waals surface area contributed by atoms with Crippen molar-refractivity contribution in [2.24, 2.45) is 0 Å². The second-order valence-electron chi connectivity index (χ2n) is 10.8. The number of imidazole rings is 1. The van der Waals surface area contributed by atoms with E-state index in [0.717, 1.165) is 78.0 Å². The molecule has 0 saturated heterocycles. The number of aromatic nitrogens is 5. The number of pyridine rings is 2. The summed E-state index contributed by atoms with van der Waals surface area (Å²) in [6.45, 7) is 0. The zero-order chi connectivity index (χ0) is 24.6. The summed E-state index contributed by atoms with van der Waals surface area (Å²) in [7, 11) is 0. The molecule has 0 bridgehead atoms. The molecule has 184 valence electrons. The molecule has 0 atom stereocenters. The number of nitrogens with one attached hydrogen (secondary N) is 1. The van der Waals surface area contributed by atoms with Crippen LogP contribution in [0.3, 0.4) is 0 Å². The highest BCUT2D eigenvalue weighted by atomic mass is 16.5. The van der Waals surface area contributed by atoms with Crippen molar-refractivity contribution in [3.05, 3.63) is 95.2 Å². The maximum atomic E-state index is 12.7. The fourth-order valence-electron chi connectivity index (χ4n) is 5.53. The van der Waals surface area contributed by atoms with E-state index in [1.807, 2.05) is 36.4 Å². The lowest BCUT2D eigenvalue weighted by molar-refractivity contribution is 0.117. The van der Waals surface area contributed by atoms with E-state index in [0.29, 0.717) is 34.7 Å². The first-order valence-electron chi connectivity index (χ1n) is 13.3. The molecule has 1 aromatic carbocycles. The van der Waals surface area contributed by atoms with Crippen LogP contribution in [-0.2, 0) is 5.60 Å². The molecule has 0 aliphatic heterocycles. The minimum atomic E-state index is -1.59. The molecule has 3 saturated carbocycles. The van der Waals surface area contributed by atoms with E-state index in [9.17, 15) is 5.11 Å². The number of hydrogen-bond donors (Lipinski definition) is 2. The Labute approximate surface area is 214 Å². The van der Waals surface area contributed by atoms with Crippen molar-refractivity contribution in [1.82, 2.24) is 25.1 Å². The molecule has 7 heteroatoms. The van der Waals surface area contributed by atoms with Crippen molar-refractivity contribution in [2.75, 3.05) is 0 Å². The standard InChI is InChI=1S/C30H27N5O2/c36-30(23-5-1-3-13-31-23,24-6-2-4-14-32-24)21-15-20(16-22-27(21)34-29(33-22)19-11-12-19)25-26(17-7-8-17)35-37-28(25)18-9-10-18/h1-6,13-19,36H,7-12H2,(H,33,34). The fraction of sp³-hybridized carbons (Fsp3) is 0.333. The predicted molar refractivity (Wildman–Crippen MR) is 138 cm³/mol. The second-order valence-corrected chi connectivity index (χ2v) is 10.8. The van der Waals surface area contributed by atoms with Gasteiger partial charge in [0.25, 0.3) is 0 Å². The Hall–Kier alpha value is -3.84. The molecule has 7 nitrogen and oxygen atoms in total. The van der Waals surface area contributed by atoms with Gasteiger partial charge in [-0.05, 0) is 80.5 Å². The van der Waals surface area contributed by atoms with Gasteiger partial charge in [0.1, 0.15) is 11.6 Å². The minimum Gasteiger partial charge on any atom is -0.373 e. The number of aliphatic hydroxyl groups is 1. The summed E-state index contributed by atoms with van der Waals surface area (Å²) in [5.41, 5.74) is 4.91. The predicted octanol–water partition coefficient (Wildman–Crippen LogP) is 5.92. The van der Waals surface area contributed by atoms with Crippen LogP contribution in [0, 0.1) is 0 Å². The molecule has 0 unspecified atom stereocenters. The van der Waals surface area contributed by atoms with Gasteiger partial charge >= 0.3 is 0 Å². The van der Waals surface area contributed by atoms with Crippen LogP contribution >= 0.6 is 0 Å². The van der Waals surface area contributed by atoms with Crippen LogP contribution in [0.25, 0.3) is 22.2 Å². The lowest BCUT2D eigenvalue weighted by Crippen LogP contribution is -2.31. The topological polar surface area (TPSA) is 101 Å². The zero-order valence-electron chi connectivity index (χ0n) is 20.4. The van der Waals surface area contributed by atoms with Crippen LogP contribution in [0.4, 0.5) is 0 Å². The highest BCUT2D eigenvalue weighted by molar-refractivity contribution is 5.88. The van der Waals surface area contributed by atoms with Gasteiger partial charge in [0.05, 0.1) is 28.1 Å². The Morgan fingerprint density at radius 2 is 1.51 bits per heavy atom. The van der Waals surface area contributed by atoms with Gasteiger partial charge in [-0.2, -0.15) is 0 Å². The Balaban J connectivity index is 1.43. The minimum absolute atomic E-state index is 0.420. The van der Waals surface area contributed by atoms with E-state index in [1.54, 1.807) is 12.4 Å². The normalized spacial score (nSPS) is 18.0. The highest BCUT2D eigenvalue weighted by Gasteiger charge is 2.42. The Morgan fingerprint density at radius 3 is 2.11 bits per heavy atom. The maximum absolute atomic E-state index is 12.7. The fourth-order valence-corrected chi connectivity index (χ4v) is 5.53. The molecule has 2 N–H and O–H groups in total. The molecule has 0 radical (unpaired) electrons. The Kier molecular flexibility index (Phi) is 4.50. The van der Waals surface area contributed by atoms with Crippen molar-refractivity contribution in [3.63, 3.8) is 0 Å². The largest absolute Gasteiger partial charge is 0.373 e.